The van der Waals surface area contributed by atoms with Crippen LogP contribution in [0.5, 0.6) is 0 Å². The van der Waals surface area contributed by atoms with E-state index in [1.54, 1.807) is 7.05 Å². The summed E-state index contributed by atoms with van der Waals surface area (Å²) in [7, 11) is 1.62. The summed E-state index contributed by atoms with van der Waals surface area (Å²) in [4.78, 5) is 19.6. The van der Waals surface area contributed by atoms with E-state index >= 15 is 0 Å². The van der Waals surface area contributed by atoms with Crippen molar-refractivity contribution in [2.24, 2.45) is 5.29 Å². The van der Waals surface area contributed by atoms with Gasteiger partial charge >= 0.3 is 0 Å². The number of hydrogen-bond acceptors (Lipinski definition) is 3. The van der Waals surface area contributed by atoms with Crippen LogP contribution < -0.4 is 0 Å². The van der Waals surface area contributed by atoms with Gasteiger partial charge < -0.3 is 4.79 Å². The van der Waals surface area contributed by atoms with Crippen LogP contribution in [0.2, 0.25) is 0 Å². The lowest BCUT2D eigenvalue weighted by Crippen LogP contribution is -2.10. The van der Waals surface area contributed by atoms with Crippen molar-refractivity contribution in [3.05, 3.63) is 4.91 Å². The SMILES string of the molecule is CN(CCCCC=O)N=O. The van der Waals surface area contributed by atoms with Crippen molar-refractivity contribution in [2.45, 2.75) is 19.3 Å². The van der Waals surface area contributed by atoms with Gasteiger partial charge in [-0.3, -0.25) is 5.01 Å². The number of nitroso groups, excluding NO2 is 1. The van der Waals surface area contributed by atoms with E-state index < -0.39 is 0 Å². The zero-order chi connectivity index (χ0) is 7.82. The van der Waals surface area contributed by atoms with Gasteiger partial charge in [-0.25, -0.2) is 0 Å². The summed E-state index contributed by atoms with van der Waals surface area (Å²) < 4.78 is 0. The molecule has 0 aromatic rings. The summed E-state index contributed by atoms with van der Waals surface area (Å²) in [6, 6.07) is 0. The number of hydrogen-bond donors (Lipinski definition) is 0. The maximum atomic E-state index is 9.82. The molecule has 0 atom stereocenters. The van der Waals surface area contributed by atoms with E-state index in [-0.39, 0.29) is 0 Å². The van der Waals surface area contributed by atoms with Gasteiger partial charge in [-0.2, -0.15) is 0 Å². The lowest BCUT2D eigenvalue weighted by Gasteiger charge is -2.05. The highest BCUT2D eigenvalue weighted by Gasteiger charge is 1.92. The Morgan fingerprint density at radius 1 is 1.50 bits per heavy atom. The fourth-order valence-electron chi connectivity index (χ4n) is 0.609. The Hall–Kier alpha value is -0.930. The molecule has 0 saturated heterocycles. The first-order valence-corrected chi connectivity index (χ1v) is 3.29. The Labute approximate surface area is 60.2 Å². The van der Waals surface area contributed by atoms with E-state index in [1.165, 1.54) is 5.01 Å². The smallest absolute Gasteiger partial charge is 0.119 e. The van der Waals surface area contributed by atoms with E-state index in [2.05, 4.69) is 5.29 Å². The van der Waals surface area contributed by atoms with E-state index in [9.17, 15) is 9.70 Å². The predicted octanol–water partition coefficient (Wildman–Crippen LogP) is 0.969. The molecule has 0 aromatic heterocycles. The number of carbonyl (C=O) groups excluding carboxylic acids is 1. The molecular weight excluding hydrogens is 132 g/mol. The number of rotatable bonds is 6. The highest BCUT2D eigenvalue weighted by Crippen LogP contribution is 1.94. The molecule has 0 heterocycles. The normalized spacial score (nSPS) is 8.90. The van der Waals surface area contributed by atoms with Gasteiger partial charge in [0.25, 0.3) is 0 Å². The fraction of sp³-hybridized carbons (Fsp3) is 0.833. The van der Waals surface area contributed by atoms with Crippen molar-refractivity contribution >= 4 is 6.29 Å². The average Bonchev–Trinajstić information content (AvgIpc) is 1.98. The number of carbonyl (C=O) groups is 1. The minimum Gasteiger partial charge on any atom is -0.303 e. The van der Waals surface area contributed by atoms with E-state index in [4.69, 9.17) is 0 Å². The van der Waals surface area contributed by atoms with Gasteiger partial charge in [0.1, 0.15) is 6.29 Å². The molecule has 0 aliphatic heterocycles. The molecule has 0 aromatic carbocycles. The maximum Gasteiger partial charge on any atom is 0.119 e. The predicted molar refractivity (Wildman–Crippen MR) is 38.3 cm³/mol. The second kappa shape index (κ2) is 6.19. The molecule has 0 rings (SSSR count). The Bertz CT molecular complexity index is 106. The summed E-state index contributed by atoms with van der Waals surface area (Å²) in [5.41, 5.74) is 0. The number of nitrogens with zero attached hydrogens (tertiary/aromatic N) is 2. The van der Waals surface area contributed by atoms with Crippen molar-refractivity contribution in [1.29, 1.82) is 0 Å². The number of unbranched alkanes of at least 4 members (excludes halogenated alkanes) is 2. The van der Waals surface area contributed by atoms with Crippen LogP contribution in [0.1, 0.15) is 19.3 Å². The highest BCUT2D eigenvalue weighted by atomic mass is 16.3. The summed E-state index contributed by atoms with van der Waals surface area (Å²) in [5.74, 6) is 0. The van der Waals surface area contributed by atoms with Crippen LogP contribution in [0.3, 0.4) is 0 Å². The molecule has 0 aliphatic carbocycles. The molecule has 0 N–H and O–H groups in total. The van der Waals surface area contributed by atoms with E-state index in [0.29, 0.717) is 13.0 Å². The molecule has 0 spiro atoms. The van der Waals surface area contributed by atoms with Crippen LogP contribution in [0, 0.1) is 4.91 Å². The molecule has 4 nitrogen and oxygen atoms in total. The standard InChI is InChI=1S/C6H12N2O2/c1-8(7-10)5-3-2-4-6-9/h6H,2-5H2,1H3. The highest BCUT2D eigenvalue weighted by molar-refractivity contribution is 5.48. The van der Waals surface area contributed by atoms with Crippen LogP contribution in [0.15, 0.2) is 5.29 Å². The van der Waals surface area contributed by atoms with Crippen LogP contribution in [0.4, 0.5) is 0 Å². The first-order chi connectivity index (χ1) is 4.81. The van der Waals surface area contributed by atoms with Gasteiger partial charge in [0.15, 0.2) is 0 Å². The second-order valence-corrected chi connectivity index (χ2v) is 2.13. The van der Waals surface area contributed by atoms with Gasteiger partial charge in [0.05, 0.1) is 5.29 Å². The quantitative estimate of drug-likeness (QED) is 0.241. The number of aldehydes is 1. The Morgan fingerprint density at radius 2 is 2.20 bits per heavy atom. The first kappa shape index (κ1) is 9.07. The summed E-state index contributed by atoms with van der Waals surface area (Å²) >= 11 is 0. The Morgan fingerprint density at radius 3 is 2.70 bits per heavy atom. The third-order valence-corrected chi connectivity index (χ3v) is 1.19. The summed E-state index contributed by atoms with van der Waals surface area (Å²) in [5, 5.41) is 4.01. The molecule has 10 heavy (non-hydrogen) atoms. The molecule has 58 valence electrons. The van der Waals surface area contributed by atoms with Crippen LogP contribution in [-0.4, -0.2) is 24.9 Å². The van der Waals surface area contributed by atoms with Crippen molar-refractivity contribution in [3.8, 4) is 0 Å². The third-order valence-electron chi connectivity index (χ3n) is 1.19. The molecule has 4 heteroatoms. The Kier molecular flexibility index (Phi) is 5.62. The Balaban J connectivity index is 3.02. The van der Waals surface area contributed by atoms with Crippen molar-refractivity contribution < 1.29 is 4.79 Å². The average molecular weight is 144 g/mol. The topological polar surface area (TPSA) is 49.7 Å². The minimum atomic E-state index is 0.576. The minimum absolute atomic E-state index is 0.576. The maximum absolute atomic E-state index is 9.82. The van der Waals surface area contributed by atoms with Crippen molar-refractivity contribution in [3.63, 3.8) is 0 Å². The zero-order valence-corrected chi connectivity index (χ0v) is 6.12. The summed E-state index contributed by atoms with van der Waals surface area (Å²) in [6.07, 6.45) is 3.14. The molecule has 0 amide bonds. The van der Waals surface area contributed by atoms with Gasteiger partial charge in [0.2, 0.25) is 0 Å². The van der Waals surface area contributed by atoms with Gasteiger partial charge in [0, 0.05) is 20.0 Å². The fourth-order valence-corrected chi connectivity index (χ4v) is 0.609. The first-order valence-electron chi connectivity index (χ1n) is 3.29. The lowest BCUT2D eigenvalue weighted by atomic mass is 10.2. The molecule has 0 saturated carbocycles. The van der Waals surface area contributed by atoms with Gasteiger partial charge in [-0.1, -0.05) is 0 Å². The molecule has 0 unspecified atom stereocenters. The summed E-state index contributed by atoms with van der Waals surface area (Å²) in [6.45, 7) is 0.636. The molecule has 0 aliphatic rings. The van der Waals surface area contributed by atoms with Gasteiger partial charge in [-0.15, -0.1) is 4.91 Å². The second-order valence-electron chi connectivity index (χ2n) is 2.13. The molecule has 0 bridgehead atoms. The monoisotopic (exact) mass is 144 g/mol. The van der Waals surface area contributed by atoms with Crippen molar-refractivity contribution in [1.82, 2.24) is 5.01 Å². The largest absolute Gasteiger partial charge is 0.303 e. The molecule has 0 fully saturated rings. The van der Waals surface area contributed by atoms with E-state index in [0.717, 1.165) is 19.1 Å². The zero-order valence-electron chi connectivity index (χ0n) is 6.12. The molecular formula is C6H12N2O2. The lowest BCUT2D eigenvalue weighted by molar-refractivity contribution is -0.107. The third kappa shape index (κ3) is 5.21. The van der Waals surface area contributed by atoms with Crippen LogP contribution in [-0.2, 0) is 4.79 Å². The van der Waals surface area contributed by atoms with E-state index in [1.807, 2.05) is 0 Å². The van der Waals surface area contributed by atoms with Crippen LogP contribution in [0.25, 0.3) is 0 Å². The van der Waals surface area contributed by atoms with Gasteiger partial charge in [-0.05, 0) is 12.8 Å². The molecule has 0 radical (unpaired) electrons. The van der Waals surface area contributed by atoms with Crippen molar-refractivity contribution in [2.75, 3.05) is 13.6 Å². The van der Waals surface area contributed by atoms with Crippen LogP contribution >= 0.6 is 0 Å².